The smallest absolute Gasteiger partial charge is 0.261 e. The number of benzene rings is 2. The number of imide groups is 1. The van der Waals surface area contributed by atoms with E-state index in [1.807, 2.05) is 24.3 Å². The predicted octanol–water partition coefficient (Wildman–Crippen LogP) is 5.98. The SMILES string of the molecule is C=C(C)C(=O)C1CCC(c2ccc(-c3ccc(N4C(=O)C(C)=C(C)C4=O)cc3)cc2)CC1. The summed E-state index contributed by atoms with van der Waals surface area (Å²) in [5.41, 5.74) is 5.73. The van der Waals surface area contributed by atoms with Crippen LogP contribution < -0.4 is 4.90 Å². The van der Waals surface area contributed by atoms with Gasteiger partial charge >= 0.3 is 0 Å². The van der Waals surface area contributed by atoms with Crippen molar-refractivity contribution in [1.82, 2.24) is 0 Å². The fraction of sp³-hybridized carbons (Fsp3) is 0.321. The van der Waals surface area contributed by atoms with Crippen molar-refractivity contribution in [3.63, 3.8) is 0 Å². The highest BCUT2D eigenvalue weighted by Gasteiger charge is 2.34. The molecule has 2 aliphatic rings. The molecule has 1 aliphatic carbocycles. The molecule has 4 rings (SSSR count). The molecule has 0 radical (unpaired) electrons. The lowest BCUT2D eigenvalue weighted by Gasteiger charge is -2.28. The number of allylic oxidation sites excluding steroid dienone is 1. The molecule has 0 saturated heterocycles. The fourth-order valence-electron chi connectivity index (χ4n) is 4.77. The van der Waals surface area contributed by atoms with Crippen molar-refractivity contribution in [2.75, 3.05) is 4.90 Å². The summed E-state index contributed by atoms with van der Waals surface area (Å²) >= 11 is 0. The van der Waals surface area contributed by atoms with E-state index in [0.717, 1.165) is 36.8 Å². The summed E-state index contributed by atoms with van der Waals surface area (Å²) in [4.78, 5) is 38.2. The first-order valence-electron chi connectivity index (χ1n) is 11.2. The number of carbonyl (C=O) groups is 3. The Bertz CT molecular complexity index is 1090. The van der Waals surface area contributed by atoms with Crippen LogP contribution in [-0.2, 0) is 14.4 Å². The zero-order valence-corrected chi connectivity index (χ0v) is 19.0. The minimum Gasteiger partial charge on any atom is -0.294 e. The first-order chi connectivity index (χ1) is 15.3. The van der Waals surface area contributed by atoms with Gasteiger partial charge in [0.25, 0.3) is 11.8 Å². The maximum absolute atomic E-state index is 12.4. The van der Waals surface area contributed by atoms with Crippen LogP contribution in [0.2, 0.25) is 0 Å². The highest BCUT2D eigenvalue weighted by atomic mass is 16.2. The molecule has 164 valence electrons. The van der Waals surface area contributed by atoms with Crippen LogP contribution in [0.3, 0.4) is 0 Å². The van der Waals surface area contributed by atoms with E-state index < -0.39 is 0 Å². The molecule has 0 N–H and O–H groups in total. The molecule has 0 atom stereocenters. The van der Waals surface area contributed by atoms with E-state index in [1.54, 1.807) is 20.8 Å². The zero-order chi connectivity index (χ0) is 23.0. The summed E-state index contributed by atoms with van der Waals surface area (Å²) in [7, 11) is 0. The lowest BCUT2D eigenvalue weighted by Crippen LogP contribution is -2.31. The van der Waals surface area contributed by atoms with E-state index in [9.17, 15) is 14.4 Å². The van der Waals surface area contributed by atoms with Crippen LogP contribution in [0.1, 0.15) is 57.9 Å². The maximum atomic E-state index is 12.4. The summed E-state index contributed by atoms with van der Waals surface area (Å²) < 4.78 is 0. The number of ketones is 1. The number of amides is 2. The third-order valence-corrected chi connectivity index (χ3v) is 6.97. The van der Waals surface area contributed by atoms with Gasteiger partial charge in [-0.25, -0.2) is 4.90 Å². The van der Waals surface area contributed by atoms with Crippen molar-refractivity contribution in [1.29, 1.82) is 0 Å². The van der Waals surface area contributed by atoms with Crippen LogP contribution in [-0.4, -0.2) is 17.6 Å². The molecule has 1 heterocycles. The first-order valence-corrected chi connectivity index (χ1v) is 11.2. The van der Waals surface area contributed by atoms with Crippen LogP contribution in [0.5, 0.6) is 0 Å². The monoisotopic (exact) mass is 427 g/mol. The van der Waals surface area contributed by atoms with Gasteiger partial charge in [0.15, 0.2) is 5.78 Å². The topological polar surface area (TPSA) is 54.5 Å². The van der Waals surface area contributed by atoms with E-state index in [-0.39, 0.29) is 23.5 Å². The largest absolute Gasteiger partial charge is 0.294 e. The van der Waals surface area contributed by atoms with Gasteiger partial charge in [0, 0.05) is 17.1 Å². The Hall–Kier alpha value is -3.27. The van der Waals surface area contributed by atoms with Gasteiger partial charge in [-0.3, -0.25) is 14.4 Å². The number of hydrogen-bond acceptors (Lipinski definition) is 3. The summed E-state index contributed by atoms with van der Waals surface area (Å²) in [5, 5.41) is 0. The highest BCUT2D eigenvalue weighted by molar-refractivity contribution is 6.32. The van der Waals surface area contributed by atoms with Crippen molar-refractivity contribution in [3.05, 3.63) is 77.4 Å². The average Bonchev–Trinajstić information content (AvgIpc) is 3.01. The van der Waals surface area contributed by atoms with Crippen LogP contribution in [0, 0.1) is 5.92 Å². The third kappa shape index (κ3) is 3.97. The van der Waals surface area contributed by atoms with E-state index in [1.165, 1.54) is 10.5 Å². The molecule has 32 heavy (non-hydrogen) atoms. The molecule has 4 nitrogen and oxygen atoms in total. The highest BCUT2D eigenvalue weighted by Crippen LogP contribution is 2.37. The number of rotatable bonds is 5. The van der Waals surface area contributed by atoms with E-state index in [2.05, 4.69) is 30.8 Å². The maximum Gasteiger partial charge on any atom is 0.261 e. The molecule has 0 spiro atoms. The van der Waals surface area contributed by atoms with Crippen molar-refractivity contribution in [3.8, 4) is 11.1 Å². The van der Waals surface area contributed by atoms with Crippen molar-refractivity contribution >= 4 is 23.3 Å². The number of hydrogen-bond donors (Lipinski definition) is 0. The first kappa shape index (κ1) is 21.9. The van der Waals surface area contributed by atoms with Gasteiger partial charge in [-0.2, -0.15) is 0 Å². The lowest BCUT2D eigenvalue weighted by atomic mass is 9.76. The van der Waals surface area contributed by atoms with Gasteiger partial charge in [0.2, 0.25) is 0 Å². The second-order valence-corrected chi connectivity index (χ2v) is 9.06. The summed E-state index contributed by atoms with van der Waals surface area (Å²) in [6.07, 6.45) is 3.92. The normalized spacial score (nSPS) is 21.3. The molecule has 1 fully saturated rings. The van der Waals surface area contributed by atoms with Crippen LogP contribution >= 0.6 is 0 Å². The molecule has 2 aromatic carbocycles. The summed E-state index contributed by atoms with van der Waals surface area (Å²) in [5.74, 6) is 0.361. The summed E-state index contributed by atoms with van der Waals surface area (Å²) in [6, 6.07) is 16.1. The number of nitrogens with zero attached hydrogens (tertiary/aromatic N) is 1. The zero-order valence-electron chi connectivity index (χ0n) is 19.0. The lowest BCUT2D eigenvalue weighted by molar-refractivity contribution is -0.121. The summed E-state index contributed by atoms with van der Waals surface area (Å²) in [6.45, 7) is 8.99. The van der Waals surface area contributed by atoms with Crippen molar-refractivity contribution in [2.24, 2.45) is 5.92 Å². The van der Waals surface area contributed by atoms with E-state index in [4.69, 9.17) is 0 Å². The van der Waals surface area contributed by atoms with Gasteiger partial charge in [-0.1, -0.05) is 43.0 Å². The third-order valence-electron chi connectivity index (χ3n) is 6.97. The Labute approximate surface area is 189 Å². The Morgan fingerprint density at radius 3 is 1.75 bits per heavy atom. The number of carbonyl (C=O) groups excluding carboxylic acids is 3. The Morgan fingerprint density at radius 1 is 0.812 bits per heavy atom. The minimum atomic E-state index is -0.246. The van der Waals surface area contributed by atoms with Gasteiger partial charge in [0.1, 0.15) is 0 Å². The molecule has 1 saturated carbocycles. The minimum absolute atomic E-state index is 0.138. The molecule has 1 aliphatic heterocycles. The van der Waals surface area contributed by atoms with E-state index in [0.29, 0.717) is 28.3 Å². The molecule has 0 unspecified atom stereocenters. The Morgan fingerprint density at radius 2 is 1.28 bits per heavy atom. The number of anilines is 1. The molecular weight excluding hydrogens is 398 g/mol. The molecule has 0 bridgehead atoms. The fourth-order valence-corrected chi connectivity index (χ4v) is 4.77. The van der Waals surface area contributed by atoms with Crippen LogP contribution in [0.25, 0.3) is 11.1 Å². The Balaban J connectivity index is 1.43. The standard InChI is InChI=1S/C28H29NO3/c1-17(2)26(30)24-11-9-22(10-12-24)20-5-7-21(8-6-20)23-13-15-25(16-14-23)29-27(31)18(3)19(4)28(29)32/h5-8,13-16,22,24H,1,9-12H2,2-4H3. The average molecular weight is 428 g/mol. The number of Topliss-reactive ketones (excluding diaryl/α,β-unsaturated/α-hetero) is 1. The van der Waals surface area contributed by atoms with Gasteiger partial charge in [-0.15, -0.1) is 0 Å². The molecule has 2 aromatic rings. The van der Waals surface area contributed by atoms with Gasteiger partial charge in [-0.05, 0) is 86.8 Å². The predicted molar refractivity (Wildman–Crippen MR) is 127 cm³/mol. The van der Waals surface area contributed by atoms with Crippen LogP contribution in [0.15, 0.2) is 71.8 Å². The van der Waals surface area contributed by atoms with Gasteiger partial charge in [0.05, 0.1) is 5.69 Å². The van der Waals surface area contributed by atoms with Crippen LogP contribution in [0.4, 0.5) is 5.69 Å². The van der Waals surface area contributed by atoms with Crippen molar-refractivity contribution < 1.29 is 14.4 Å². The quantitative estimate of drug-likeness (QED) is 0.435. The molecular formula is C28H29NO3. The van der Waals surface area contributed by atoms with Crippen molar-refractivity contribution in [2.45, 2.75) is 52.4 Å². The Kier molecular flexibility index (Phi) is 5.96. The molecule has 4 heteroatoms. The second-order valence-electron chi connectivity index (χ2n) is 9.06. The van der Waals surface area contributed by atoms with E-state index >= 15 is 0 Å². The molecule has 0 aromatic heterocycles. The second kappa shape index (κ2) is 8.70. The molecule has 2 amide bonds. The van der Waals surface area contributed by atoms with Gasteiger partial charge < -0.3 is 0 Å².